The first kappa shape index (κ1) is 15.7. The van der Waals surface area contributed by atoms with Crippen molar-refractivity contribution in [2.45, 2.75) is 6.42 Å². The van der Waals surface area contributed by atoms with Crippen LogP contribution in [0.3, 0.4) is 0 Å². The maximum atomic E-state index is 12.7. The second-order valence-corrected chi connectivity index (χ2v) is 4.98. The molecule has 0 unspecified atom stereocenters. The van der Waals surface area contributed by atoms with Crippen molar-refractivity contribution in [2.24, 2.45) is 0 Å². The van der Waals surface area contributed by atoms with Crippen LogP contribution in [0.2, 0.25) is 0 Å². The lowest BCUT2D eigenvalue weighted by Gasteiger charge is -2.26. The number of carbonyl (C=O) groups excluding carboxylic acids is 1. The van der Waals surface area contributed by atoms with Gasteiger partial charge < -0.3 is 10.1 Å². The fourth-order valence-electron chi connectivity index (χ4n) is 2.14. The van der Waals surface area contributed by atoms with Gasteiger partial charge in [-0.25, -0.2) is 4.39 Å². The van der Waals surface area contributed by atoms with E-state index in [4.69, 9.17) is 4.74 Å². The summed E-state index contributed by atoms with van der Waals surface area (Å²) in [5.41, 5.74) is 0.805. The smallest absolute Gasteiger partial charge is 0.243 e. The van der Waals surface area contributed by atoms with Crippen molar-refractivity contribution in [2.75, 3.05) is 39.4 Å². The lowest BCUT2D eigenvalue weighted by atomic mass is 10.2. The van der Waals surface area contributed by atoms with Crippen molar-refractivity contribution in [1.29, 1.82) is 0 Å². The lowest BCUT2D eigenvalue weighted by Crippen LogP contribution is -2.38. The quantitative estimate of drug-likeness (QED) is 0.641. The van der Waals surface area contributed by atoms with Gasteiger partial charge in [-0.3, -0.25) is 9.69 Å². The summed E-state index contributed by atoms with van der Waals surface area (Å²) in [6.45, 7) is 5.17. The summed E-state index contributed by atoms with van der Waals surface area (Å²) < 4.78 is 18.0. The maximum absolute atomic E-state index is 12.7. The first-order valence-electron chi connectivity index (χ1n) is 7.25. The summed E-state index contributed by atoms with van der Waals surface area (Å²) in [5, 5.41) is 2.85. The third kappa shape index (κ3) is 6.06. The Hall–Kier alpha value is -1.72. The maximum Gasteiger partial charge on any atom is 0.243 e. The highest BCUT2D eigenvalue weighted by atomic mass is 19.1. The zero-order valence-electron chi connectivity index (χ0n) is 12.1. The molecule has 1 fully saturated rings. The van der Waals surface area contributed by atoms with Crippen LogP contribution in [-0.4, -0.2) is 50.2 Å². The van der Waals surface area contributed by atoms with E-state index in [-0.39, 0.29) is 11.7 Å². The van der Waals surface area contributed by atoms with Gasteiger partial charge >= 0.3 is 0 Å². The van der Waals surface area contributed by atoms with E-state index in [2.05, 4.69) is 10.2 Å². The van der Waals surface area contributed by atoms with Gasteiger partial charge in [0, 0.05) is 25.7 Å². The molecule has 1 aliphatic heterocycles. The highest BCUT2D eigenvalue weighted by Crippen LogP contribution is 2.04. The third-order valence-electron chi connectivity index (χ3n) is 3.35. The molecular weight excluding hydrogens is 271 g/mol. The zero-order chi connectivity index (χ0) is 14.9. The number of carbonyl (C=O) groups is 1. The molecule has 1 aliphatic rings. The van der Waals surface area contributed by atoms with E-state index < -0.39 is 0 Å². The highest BCUT2D eigenvalue weighted by molar-refractivity contribution is 5.91. The topological polar surface area (TPSA) is 41.6 Å². The van der Waals surface area contributed by atoms with Crippen molar-refractivity contribution in [3.8, 4) is 0 Å². The Bertz CT molecular complexity index is 468. The number of hydrogen-bond donors (Lipinski definition) is 1. The molecule has 0 aromatic heterocycles. The van der Waals surface area contributed by atoms with Crippen molar-refractivity contribution in [3.05, 3.63) is 41.7 Å². The number of halogens is 1. The molecule has 1 aromatic carbocycles. The predicted octanol–water partition coefficient (Wildman–Crippen LogP) is 1.68. The molecule has 0 saturated carbocycles. The van der Waals surface area contributed by atoms with Gasteiger partial charge in [0.25, 0.3) is 0 Å². The van der Waals surface area contributed by atoms with Crippen molar-refractivity contribution < 1.29 is 13.9 Å². The van der Waals surface area contributed by atoms with Crippen LogP contribution in [0.1, 0.15) is 12.0 Å². The first-order chi connectivity index (χ1) is 10.2. The Morgan fingerprint density at radius 1 is 1.29 bits per heavy atom. The molecule has 21 heavy (non-hydrogen) atoms. The molecule has 4 nitrogen and oxygen atoms in total. The summed E-state index contributed by atoms with van der Waals surface area (Å²) in [5.74, 6) is -0.402. The first-order valence-corrected chi connectivity index (χ1v) is 7.25. The number of rotatable bonds is 6. The van der Waals surface area contributed by atoms with Crippen LogP contribution >= 0.6 is 0 Å². The molecule has 0 atom stereocenters. The van der Waals surface area contributed by atoms with Gasteiger partial charge in [-0.05, 0) is 36.7 Å². The van der Waals surface area contributed by atoms with Gasteiger partial charge in [0.15, 0.2) is 0 Å². The van der Waals surface area contributed by atoms with E-state index in [9.17, 15) is 9.18 Å². The number of amides is 1. The molecular formula is C16H21FN2O2. The van der Waals surface area contributed by atoms with Gasteiger partial charge in [-0.2, -0.15) is 0 Å². The Balaban J connectivity index is 1.61. The summed E-state index contributed by atoms with van der Waals surface area (Å²) in [4.78, 5) is 14.0. The van der Waals surface area contributed by atoms with E-state index >= 15 is 0 Å². The average Bonchev–Trinajstić information content (AvgIpc) is 2.52. The Kier molecular flexibility index (Phi) is 6.37. The van der Waals surface area contributed by atoms with Gasteiger partial charge in [-0.1, -0.05) is 12.1 Å². The van der Waals surface area contributed by atoms with E-state index in [1.54, 1.807) is 18.2 Å². The Morgan fingerprint density at radius 3 is 2.71 bits per heavy atom. The third-order valence-corrected chi connectivity index (χ3v) is 3.35. The van der Waals surface area contributed by atoms with Crippen molar-refractivity contribution >= 4 is 12.0 Å². The molecule has 0 aliphatic carbocycles. The van der Waals surface area contributed by atoms with Crippen LogP contribution in [-0.2, 0) is 9.53 Å². The molecule has 2 rings (SSSR count). The minimum absolute atomic E-state index is 0.124. The van der Waals surface area contributed by atoms with Crippen LogP contribution in [0, 0.1) is 5.82 Å². The van der Waals surface area contributed by atoms with Crippen LogP contribution in [0.5, 0.6) is 0 Å². The van der Waals surface area contributed by atoms with Gasteiger partial charge in [-0.15, -0.1) is 0 Å². The largest absolute Gasteiger partial charge is 0.379 e. The molecule has 1 heterocycles. The normalized spacial score (nSPS) is 16.2. The van der Waals surface area contributed by atoms with E-state index in [0.29, 0.717) is 6.54 Å². The molecule has 1 amide bonds. The number of benzene rings is 1. The number of nitrogens with zero attached hydrogens (tertiary/aromatic N) is 1. The Labute approximate surface area is 124 Å². The number of nitrogens with one attached hydrogen (secondary N) is 1. The molecule has 5 heteroatoms. The van der Waals surface area contributed by atoms with Gasteiger partial charge in [0.1, 0.15) is 5.82 Å². The van der Waals surface area contributed by atoms with E-state index in [1.807, 2.05) is 0 Å². The standard InChI is InChI=1S/C16H21FN2O2/c17-15-5-2-14(3-6-15)4-7-16(20)18-8-1-9-19-10-12-21-13-11-19/h2-7H,1,8-13H2,(H,18,20)/b7-4-. The number of hydrogen-bond acceptors (Lipinski definition) is 3. The zero-order valence-corrected chi connectivity index (χ0v) is 12.1. The minimum atomic E-state index is -0.278. The van der Waals surface area contributed by atoms with Crippen LogP contribution in [0.4, 0.5) is 4.39 Å². The summed E-state index contributed by atoms with van der Waals surface area (Å²) in [6, 6.07) is 6.02. The summed E-state index contributed by atoms with van der Waals surface area (Å²) in [7, 11) is 0. The molecule has 0 radical (unpaired) electrons. The van der Waals surface area contributed by atoms with Gasteiger partial charge in [0.05, 0.1) is 13.2 Å². The SMILES string of the molecule is O=C(/C=C\c1ccc(F)cc1)NCCCN1CCOCC1. The summed E-state index contributed by atoms with van der Waals surface area (Å²) in [6.07, 6.45) is 4.08. The number of morpholine rings is 1. The molecule has 1 N–H and O–H groups in total. The van der Waals surface area contributed by atoms with Crippen LogP contribution in [0.15, 0.2) is 30.3 Å². The molecule has 0 bridgehead atoms. The fourth-order valence-corrected chi connectivity index (χ4v) is 2.14. The second kappa shape index (κ2) is 8.54. The van der Waals surface area contributed by atoms with Crippen LogP contribution < -0.4 is 5.32 Å². The molecule has 0 spiro atoms. The molecule has 114 valence electrons. The van der Waals surface area contributed by atoms with Gasteiger partial charge in [0.2, 0.25) is 5.91 Å². The van der Waals surface area contributed by atoms with Crippen LogP contribution in [0.25, 0.3) is 6.08 Å². The minimum Gasteiger partial charge on any atom is -0.379 e. The highest BCUT2D eigenvalue weighted by Gasteiger charge is 2.09. The van der Waals surface area contributed by atoms with Crippen molar-refractivity contribution in [3.63, 3.8) is 0 Å². The van der Waals surface area contributed by atoms with Crippen molar-refractivity contribution in [1.82, 2.24) is 10.2 Å². The molecule has 1 saturated heterocycles. The second-order valence-electron chi connectivity index (χ2n) is 4.98. The fraction of sp³-hybridized carbons (Fsp3) is 0.438. The number of ether oxygens (including phenoxy) is 1. The Morgan fingerprint density at radius 2 is 2.00 bits per heavy atom. The van der Waals surface area contributed by atoms with E-state index in [1.165, 1.54) is 18.2 Å². The monoisotopic (exact) mass is 292 g/mol. The average molecular weight is 292 g/mol. The lowest BCUT2D eigenvalue weighted by molar-refractivity contribution is -0.116. The molecule has 1 aromatic rings. The summed E-state index contributed by atoms with van der Waals surface area (Å²) >= 11 is 0. The van der Waals surface area contributed by atoms with E-state index in [0.717, 1.165) is 44.8 Å². The predicted molar refractivity (Wildman–Crippen MR) is 80.3 cm³/mol.